The first-order valence-corrected chi connectivity index (χ1v) is 7.61. The van der Waals surface area contributed by atoms with E-state index in [1.807, 2.05) is 6.07 Å². The van der Waals surface area contributed by atoms with Crippen molar-refractivity contribution in [2.75, 3.05) is 11.3 Å². The van der Waals surface area contributed by atoms with Crippen LogP contribution < -0.4 is 9.46 Å². The van der Waals surface area contributed by atoms with Gasteiger partial charge < -0.3 is 4.74 Å². The molecule has 1 aromatic carbocycles. The number of halogens is 1. The molecule has 0 amide bonds. The highest BCUT2D eigenvalue weighted by molar-refractivity contribution is 7.92. The average Bonchev–Trinajstić information content (AvgIpc) is 2.47. The molecule has 8 heteroatoms. The molecular weight excluding hydrogens is 314 g/mol. The molecule has 0 fully saturated rings. The predicted molar refractivity (Wildman–Crippen MR) is 77.6 cm³/mol. The van der Waals surface area contributed by atoms with Gasteiger partial charge >= 0.3 is 0 Å². The number of sulfonamides is 1. The maximum atomic E-state index is 12.1. The fourth-order valence-electron chi connectivity index (χ4n) is 1.47. The Morgan fingerprint density at radius 3 is 2.52 bits per heavy atom. The van der Waals surface area contributed by atoms with Crippen LogP contribution >= 0.6 is 11.6 Å². The van der Waals surface area contributed by atoms with Crippen LogP contribution in [0.2, 0.25) is 5.15 Å². The molecule has 0 aliphatic heterocycles. The molecule has 0 spiro atoms. The molecule has 2 aromatic rings. The first-order valence-electron chi connectivity index (χ1n) is 5.75. The van der Waals surface area contributed by atoms with E-state index in [1.54, 1.807) is 12.1 Å². The molecule has 0 aliphatic rings. The Hall–Kier alpha value is -2.30. The van der Waals surface area contributed by atoms with Crippen molar-refractivity contribution in [1.82, 2.24) is 4.98 Å². The van der Waals surface area contributed by atoms with Gasteiger partial charge in [0.1, 0.15) is 21.9 Å². The van der Waals surface area contributed by atoms with Crippen molar-refractivity contribution in [2.45, 2.75) is 4.90 Å². The third kappa shape index (κ3) is 4.08. The van der Waals surface area contributed by atoms with Crippen molar-refractivity contribution >= 4 is 27.3 Å². The minimum Gasteiger partial charge on any atom is -0.479 e. The van der Waals surface area contributed by atoms with Gasteiger partial charge in [-0.15, -0.1) is 0 Å². The van der Waals surface area contributed by atoms with Crippen LogP contribution in [-0.4, -0.2) is 20.0 Å². The molecule has 0 bridgehead atoms. The van der Waals surface area contributed by atoms with Crippen LogP contribution in [0, 0.1) is 11.3 Å². The highest BCUT2D eigenvalue weighted by Crippen LogP contribution is 2.19. The summed E-state index contributed by atoms with van der Waals surface area (Å²) < 4.78 is 31.7. The first-order chi connectivity index (χ1) is 10.0. The van der Waals surface area contributed by atoms with Gasteiger partial charge in [-0.3, -0.25) is 4.72 Å². The predicted octanol–water partition coefficient (Wildman–Crippen LogP) is 2.44. The van der Waals surface area contributed by atoms with Gasteiger partial charge in [0, 0.05) is 11.9 Å². The number of aromatic nitrogens is 1. The lowest BCUT2D eigenvalue weighted by Crippen LogP contribution is -2.13. The molecule has 6 nitrogen and oxygen atoms in total. The number of benzene rings is 1. The molecule has 1 N–H and O–H groups in total. The second-order valence-electron chi connectivity index (χ2n) is 3.89. The lowest BCUT2D eigenvalue weighted by Gasteiger charge is -2.08. The van der Waals surface area contributed by atoms with E-state index < -0.39 is 10.0 Å². The van der Waals surface area contributed by atoms with Crippen molar-refractivity contribution in [3.05, 3.63) is 47.7 Å². The third-order valence-corrected chi connectivity index (χ3v) is 4.01. The third-order valence-electron chi connectivity index (χ3n) is 2.42. The van der Waals surface area contributed by atoms with Crippen molar-refractivity contribution in [2.24, 2.45) is 0 Å². The molecule has 21 heavy (non-hydrogen) atoms. The van der Waals surface area contributed by atoms with E-state index in [0.717, 1.165) is 0 Å². The number of ether oxygens (including phenoxy) is 1. The Bertz CT molecular complexity index is 753. The van der Waals surface area contributed by atoms with E-state index in [9.17, 15) is 8.42 Å². The van der Waals surface area contributed by atoms with Gasteiger partial charge in [0.2, 0.25) is 0 Å². The Kier molecular flexibility index (Phi) is 4.62. The number of hydrogen-bond donors (Lipinski definition) is 1. The Morgan fingerprint density at radius 2 is 1.95 bits per heavy atom. The minimum absolute atomic E-state index is 0.0108. The topological polar surface area (TPSA) is 92.1 Å². The molecule has 108 valence electrons. The monoisotopic (exact) mass is 323 g/mol. The summed E-state index contributed by atoms with van der Waals surface area (Å²) in [4.78, 5) is 3.74. The molecule has 0 saturated carbocycles. The van der Waals surface area contributed by atoms with Crippen LogP contribution in [0.3, 0.4) is 0 Å². The zero-order chi connectivity index (χ0) is 15.3. The summed E-state index contributed by atoms with van der Waals surface area (Å²) in [6, 6.07) is 10.8. The van der Waals surface area contributed by atoms with Crippen molar-refractivity contribution in [3.8, 4) is 11.8 Å². The zero-order valence-electron chi connectivity index (χ0n) is 10.7. The summed E-state index contributed by atoms with van der Waals surface area (Å²) in [6.45, 7) is -0.0679. The molecular formula is C13H10ClN3O3S. The smallest absolute Gasteiger partial charge is 0.263 e. The number of nitriles is 1. The molecule has 0 radical (unpaired) electrons. The average molecular weight is 324 g/mol. The van der Waals surface area contributed by atoms with Gasteiger partial charge in [0.25, 0.3) is 10.0 Å². The Morgan fingerprint density at radius 1 is 1.24 bits per heavy atom. The zero-order valence-corrected chi connectivity index (χ0v) is 12.2. The van der Waals surface area contributed by atoms with Gasteiger partial charge in [-0.1, -0.05) is 11.6 Å². The highest BCUT2D eigenvalue weighted by Gasteiger charge is 2.14. The molecule has 2 rings (SSSR count). The van der Waals surface area contributed by atoms with E-state index >= 15 is 0 Å². The number of pyridine rings is 1. The number of nitrogens with zero attached hydrogens (tertiary/aromatic N) is 2. The fraction of sp³-hybridized carbons (Fsp3) is 0.0769. The van der Waals surface area contributed by atoms with Crippen molar-refractivity contribution in [3.63, 3.8) is 0 Å². The van der Waals surface area contributed by atoms with E-state index in [2.05, 4.69) is 9.71 Å². The van der Waals surface area contributed by atoms with Crippen LogP contribution in [0.4, 0.5) is 5.69 Å². The van der Waals surface area contributed by atoms with Gasteiger partial charge in [0.15, 0.2) is 6.61 Å². The highest BCUT2D eigenvalue weighted by atomic mass is 35.5. The normalized spacial score (nSPS) is 10.7. The largest absolute Gasteiger partial charge is 0.479 e. The molecule has 0 unspecified atom stereocenters. The summed E-state index contributed by atoms with van der Waals surface area (Å²) in [7, 11) is -3.72. The summed E-state index contributed by atoms with van der Waals surface area (Å²) in [5.41, 5.74) is 0.370. The fourth-order valence-corrected chi connectivity index (χ4v) is 2.58. The standard InChI is InChI=1S/C13H10ClN3O3S/c14-13-6-5-12(9-16-13)21(18,19)17-10-1-3-11(4-2-10)20-8-7-15/h1-6,9,17H,8H2. The van der Waals surface area contributed by atoms with Gasteiger partial charge in [0.05, 0.1) is 0 Å². The summed E-state index contributed by atoms with van der Waals surface area (Å²) in [5.74, 6) is 0.479. The quantitative estimate of drug-likeness (QED) is 0.853. The number of nitrogens with one attached hydrogen (secondary N) is 1. The van der Waals surface area contributed by atoms with Crippen LogP contribution in [0.25, 0.3) is 0 Å². The van der Waals surface area contributed by atoms with Crippen LogP contribution in [0.1, 0.15) is 0 Å². The maximum absolute atomic E-state index is 12.1. The number of hydrogen-bond acceptors (Lipinski definition) is 5. The van der Waals surface area contributed by atoms with Gasteiger partial charge in [-0.25, -0.2) is 13.4 Å². The molecule has 0 saturated heterocycles. The van der Waals surface area contributed by atoms with E-state index in [4.69, 9.17) is 21.6 Å². The van der Waals surface area contributed by atoms with E-state index in [0.29, 0.717) is 11.4 Å². The van der Waals surface area contributed by atoms with Crippen LogP contribution in [0.5, 0.6) is 5.75 Å². The SMILES string of the molecule is N#CCOc1ccc(NS(=O)(=O)c2ccc(Cl)nc2)cc1. The summed E-state index contributed by atoms with van der Waals surface area (Å²) in [5, 5.41) is 8.61. The first kappa shape index (κ1) is 15.1. The van der Waals surface area contributed by atoms with E-state index in [1.165, 1.54) is 30.5 Å². The second kappa shape index (κ2) is 6.43. The minimum atomic E-state index is -3.72. The molecule has 0 aliphatic carbocycles. The number of anilines is 1. The number of rotatable bonds is 5. The van der Waals surface area contributed by atoms with E-state index in [-0.39, 0.29) is 16.7 Å². The Balaban J connectivity index is 2.13. The molecule has 1 aromatic heterocycles. The second-order valence-corrected chi connectivity index (χ2v) is 5.96. The Labute approximate surface area is 127 Å². The van der Waals surface area contributed by atoms with Gasteiger partial charge in [-0.05, 0) is 36.4 Å². The van der Waals surface area contributed by atoms with Crippen LogP contribution in [0.15, 0.2) is 47.5 Å². The summed E-state index contributed by atoms with van der Waals surface area (Å²) in [6.07, 6.45) is 1.18. The molecule has 1 heterocycles. The molecule has 0 atom stereocenters. The van der Waals surface area contributed by atoms with Crippen LogP contribution in [-0.2, 0) is 10.0 Å². The van der Waals surface area contributed by atoms with Crippen molar-refractivity contribution < 1.29 is 13.2 Å². The summed E-state index contributed by atoms with van der Waals surface area (Å²) >= 11 is 5.62. The van der Waals surface area contributed by atoms with Gasteiger partial charge in [-0.2, -0.15) is 5.26 Å². The van der Waals surface area contributed by atoms with Crippen molar-refractivity contribution in [1.29, 1.82) is 5.26 Å². The lowest BCUT2D eigenvalue weighted by atomic mass is 10.3. The maximum Gasteiger partial charge on any atom is 0.263 e. The lowest BCUT2D eigenvalue weighted by molar-refractivity contribution is 0.368.